The third kappa shape index (κ3) is 3.09. The summed E-state index contributed by atoms with van der Waals surface area (Å²) >= 11 is 1.40. The van der Waals surface area contributed by atoms with Gasteiger partial charge in [0.05, 0.1) is 10.6 Å². The van der Waals surface area contributed by atoms with Crippen molar-refractivity contribution >= 4 is 26.5 Å². The molecule has 1 aromatic carbocycles. The third-order valence-electron chi connectivity index (χ3n) is 3.47. The van der Waals surface area contributed by atoms with Crippen LogP contribution in [0.1, 0.15) is 23.1 Å². The lowest BCUT2D eigenvalue weighted by Gasteiger charge is -2.09. The van der Waals surface area contributed by atoms with Gasteiger partial charge in [-0.25, -0.2) is 13.4 Å². The van der Waals surface area contributed by atoms with Gasteiger partial charge in [0.1, 0.15) is 0 Å². The number of benzene rings is 1. The lowest BCUT2D eigenvalue weighted by atomic mass is 10.2. The fraction of sp³-hybridized carbons (Fsp3) is 0.357. The zero-order valence-corrected chi connectivity index (χ0v) is 13.4. The lowest BCUT2D eigenvalue weighted by molar-refractivity contribution is 0.601. The Bertz CT molecular complexity index is 713. The van der Waals surface area contributed by atoms with Crippen LogP contribution in [0.4, 0.5) is 5.13 Å². The first-order chi connectivity index (χ1) is 10.1. The number of anilines is 1. The first kappa shape index (κ1) is 14.5. The quantitative estimate of drug-likeness (QED) is 0.904. The van der Waals surface area contributed by atoms with Gasteiger partial charge in [0, 0.05) is 24.4 Å². The summed E-state index contributed by atoms with van der Waals surface area (Å²) in [6, 6.07) is 6.95. The van der Waals surface area contributed by atoms with Crippen molar-refractivity contribution in [2.75, 3.05) is 11.3 Å². The van der Waals surface area contributed by atoms with Gasteiger partial charge in [0.25, 0.3) is 10.0 Å². The maximum Gasteiger partial charge on any atom is 0.263 e. The number of rotatable bonds is 4. The molecule has 0 spiro atoms. The zero-order chi connectivity index (χ0) is 14.9. The summed E-state index contributed by atoms with van der Waals surface area (Å²) in [5, 5.41) is 3.70. The van der Waals surface area contributed by atoms with Crippen LogP contribution in [0.2, 0.25) is 0 Å². The molecule has 0 aliphatic carbocycles. The van der Waals surface area contributed by atoms with Gasteiger partial charge in [-0.3, -0.25) is 4.72 Å². The predicted molar refractivity (Wildman–Crippen MR) is 84.2 cm³/mol. The summed E-state index contributed by atoms with van der Waals surface area (Å²) in [5.74, 6) is 0. The zero-order valence-electron chi connectivity index (χ0n) is 11.7. The topological polar surface area (TPSA) is 71.1 Å². The van der Waals surface area contributed by atoms with Crippen LogP contribution in [0.15, 0.2) is 29.2 Å². The molecule has 1 aromatic heterocycles. The highest BCUT2D eigenvalue weighted by Gasteiger charge is 2.19. The SMILES string of the molecule is CCc1ccc(S(=O)(=O)Nc2nc3c(s2)CNCC3)cc1. The second-order valence-electron chi connectivity index (χ2n) is 4.92. The van der Waals surface area contributed by atoms with Crippen LogP contribution in [0.3, 0.4) is 0 Å². The van der Waals surface area contributed by atoms with Crippen molar-refractivity contribution in [3.8, 4) is 0 Å². The highest BCUT2D eigenvalue weighted by atomic mass is 32.2. The summed E-state index contributed by atoms with van der Waals surface area (Å²) < 4.78 is 27.3. The molecule has 0 fully saturated rings. The molecule has 7 heteroatoms. The summed E-state index contributed by atoms with van der Waals surface area (Å²) in [6.45, 7) is 3.69. The Labute approximate surface area is 128 Å². The molecule has 112 valence electrons. The van der Waals surface area contributed by atoms with Crippen LogP contribution in [-0.4, -0.2) is 19.9 Å². The monoisotopic (exact) mass is 323 g/mol. The van der Waals surface area contributed by atoms with Crippen molar-refractivity contribution < 1.29 is 8.42 Å². The Morgan fingerprint density at radius 2 is 2.10 bits per heavy atom. The molecular formula is C14H17N3O2S2. The molecule has 0 unspecified atom stereocenters. The fourth-order valence-electron chi connectivity index (χ4n) is 2.25. The van der Waals surface area contributed by atoms with Crippen molar-refractivity contribution in [2.24, 2.45) is 0 Å². The fourth-order valence-corrected chi connectivity index (χ4v) is 4.46. The maximum atomic E-state index is 12.4. The van der Waals surface area contributed by atoms with Gasteiger partial charge < -0.3 is 5.32 Å². The van der Waals surface area contributed by atoms with Crippen molar-refractivity contribution in [2.45, 2.75) is 31.2 Å². The van der Waals surface area contributed by atoms with E-state index in [1.165, 1.54) is 11.3 Å². The van der Waals surface area contributed by atoms with Crippen LogP contribution in [0.5, 0.6) is 0 Å². The maximum absolute atomic E-state index is 12.4. The number of fused-ring (bicyclic) bond motifs is 1. The van der Waals surface area contributed by atoms with Crippen LogP contribution in [0.25, 0.3) is 0 Å². The highest BCUT2D eigenvalue weighted by molar-refractivity contribution is 7.93. The molecule has 0 radical (unpaired) electrons. The molecule has 21 heavy (non-hydrogen) atoms. The van der Waals surface area contributed by atoms with E-state index in [0.717, 1.165) is 42.1 Å². The van der Waals surface area contributed by atoms with E-state index >= 15 is 0 Å². The van der Waals surface area contributed by atoms with Gasteiger partial charge in [-0.15, -0.1) is 0 Å². The number of nitrogens with one attached hydrogen (secondary N) is 2. The van der Waals surface area contributed by atoms with Gasteiger partial charge in [-0.2, -0.15) is 0 Å². The van der Waals surface area contributed by atoms with E-state index in [1.54, 1.807) is 12.1 Å². The standard InChI is InChI=1S/C14H17N3O2S2/c1-2-10-3-5-11(6-4-10)21(18,19)17-14-16-12-7-8-15-9-13(12)20-14/h3-6,15H,2,7-9H2,1H3,(H,16,17). The third-order valence-corrected chi connectivity index (χ3v) is 5.96. The molecule has 0 saturated carbocycles. The van der Waals surface area contributed by atoms with Gasteiger partial charge in [-0.05, 0) is 24.1 Å². The number of nitrogens with zero attached hydrogens (tertiary/aromatic N) is 1. The van der Waals surface area contributed by atoms with Crippen LogP contribution in [0, 0.1) is 0 Å². The Hall–Kier alpha value is -1.44. The first-order valence-electron chi connectivity index (χ1n) is 6.89. The molecule has 2 aromatic rings. The summed E-state index contributed by atoms with van der Waals surface area (Å²) in [4.78, 5) is 5.76. The summed E-state index contributed by atoms with van der Waals surface area (Å²) in [7, 11) is -3.56. The molecule has 0 atom stereocenters. The van der Waals surface area contributed by atoms with E-state index in [-0.39, 0.29) is 4.90 Å². The van der Waals surface area contributed by atoms with Gasteiger partial charge in [-0.1, -0.05) is 30.4 Å². The van der Waals surface area contributed by atoms with Crippen LogP contribution < -0.4 is 10.0 Å². The Balaban J connectivity index is 1.83. The smallest absolute Gasteiger partial charge is 0.263 e. The number of aryl methyl sites for hydroxylation is 1. The molecule has 1 aliphatic heterocycles. The van der Waals surface area contributed by atoms with Crippen LogP contribution >= 0.6 is 11.3 Å². The minimum absolute atomic E-state index is 0.269. The Morgan fingerprint density at radius 3 is 2.76 bits per heavy atom. The molecule has 5 nitrogen and oxygen atoms in total. The normalized spacial score (nSPS) is 14.7. The van der Waals surface area contributed by atoms with Gasteiger partial charge in [0.2, 0.25) is 0 Å². The molecule has 2 N–H and O–H groups in total. The number of sulfonamides is 1. The minimum Gasteiger partial charge on any atom is -0.311 e. The molecule has 0 bridgehead atoms. The van der Waals surface area contributed by atoms with E-state index < -0.39 is 10.0 Å². The Morgan fingerprint density at radius 1 is 1.33 bits per heavy atom. The van der Waals surface area contributed by atoms with E-state index in [2.05, 4.69) is 15.0 Å². The van der Waals surface area contributed by atoms with Crippen molar-refractivity contribution in [3.05, 3.63) is 40.4 Å². The molecule has 3 rings (SSSR count). The van der Waals surface area contributed by atoms with E-state index in [4.69, 9.17) is 0 Å². The van der Waals surface area contributed by atoms with Gasteiger partial charge >= 0.3 is 0 Å². The van der Waals surface area contributed by atoms with Crippen molar-refractivity contribution in [1.29, 1.82) is 0 Å². The number of hydrogen-bond donors (Lipinski definition) is 2. The molecular weight excluding hydrogens is 306 g/mol. The Kier molecular flexibility index (Phi) is 3.97. The minimum atomic E-state index is -3.56. The summed E-state index contributed by atoms with van der Waals surface area (Å²) in [6.07, 6.45) is 1.73. The van der Waals surface area contributed by atoms with Gasteiger partial charge in [0.15, 0.2) is 5.13 Å². The average molecular weight is 323 g/mol. The molecule has 0 saturated heterocycles. The highest BCUT2D eigenvalue weighted by Crippen LogP contribution is 2.27. The molecule has 0 amide bonds. The van der Waals surface area contributed by atoms with Crippen molar-refractivity contribution in [1.82, 2.24) is 10.3 Å². The first-order valence-corrected chi connectivity index (χ1v) is 9.19. The molecule has 2 heterocycles. The second kappa shape index (κ2) is 5.75. The van der Waals surface area contributed by atoms with E-state index in [0.29, 0.717) is 5.13 Å². The van der Waals surface area contributed by atoms with Crippen LogP contribution in [-0.2, 0) is 29.4 Å². The average Bonchev–Trinajstić information content (AvgIpc) is 2.88. The number of hydrogen-bond acceptors (Lipinski definition) is 5. The predicted octanol–water partition coefficient (Wildman–Crippen LogP) is 2.15. The van der Waals surface area contributed by atoms with E-state index in [1.807, 2.05) is 19.1 Å². The molecule has 1 aliphatic rings. The second-order valence-corrected chi connectivity index (χ2v) is 7.68. The number of aromatic nitrogens is 1. The largest absolute Gasteiger partial charge is 0.311 e. The lowest BCUT2D eigenvalue weighted by Crippen LogP contribution is -2.22. The van der Waals surface area contributed by atoms with Crippen molar-refractivity contribution in [3.63, 3.8) is 0 Å². The summed E-state index contributed by atoms with van der Waals surface area (Å²) in [5.41, 5.74) is 2.11. The number of thiazole rings is 1. The van der Waals surface area contributed by atoms with E-state index in [9.17, 15) is 8.42 Å².